The molecule has 1 saturated heterocycles. The molecule has 9 unspecified atom stereocenters. The van der Waals surface area contributed by atoms with Crippen LogP contribution in [0.3, 0.4) is 0 Å². The van der Waals surface area contributed by atoms with Gasteiger partial charge in [0.1, 0.15) is 36.6 Å². The second kappa shape index (κ2) is 47.8. The Morgan fingerprint density at radius 2 is 0.841 bits per heavy atom. The van der Waals surface area contributed by atoms with Gasteiger partial charge < -0.3 is 50.5 Å². The Kier molecular flexibility index (Phi) is 45.7. The van der Waals surface area contributed by atoms with E-state index in [1.807, 2.05) is 0 Å². The first kappa shape index (κ1) is 65.9. The van der Waals surface area contributed by atoms with Gasteiger partial charge in [0.25, 0.3) is 0 Å². The lowest BCUT2D eigenvalue weighted by atomic mass is 9.98. The number of hydrogen-bond donors (Lipinski definition) is 8. The highest BCUT2D eigenvalue weighted by Gasteiger charge is 2.44. The number of amides is 1. The number of nitrogens with one attached hydrogen (secondary N) is 1. The molecule has 0 bridgehead atoms. The van der Waals surface area contributed by atoms with E-state index < -0.39 is 74.2 Å². The summed E-state index contributed by atoms with van der Waals surface area (Å²) in [4.78, 5) is 13.2. The van der Waals surface area contributed by atoms with Gasteiger partial charge in [-0.25, -0.2) is 0 Å². The van der Waals surface area contributed by atoms with Crippen LogP contribution in [0.15, 0.2) is 12.2 Å². The number of hydrogen-bond acceptors (Lipinski definition) is 10. The molecule has 1 fully saturated rings. The summed E-state index contributed by atoms with van der Waals surface area (Å²) in [6, 6.07) is -1.17. The topological polar surface area (TPSA) is 189 Å². The van der Waals surface area contributed by atoms with Crippen molar-refractivity contribution in [2.24, 2.45) is 0 Å². The van der Waals surface area contributed by atoms with Crippen molar-refractivity contribution in [3.05, 3.63) is 12.2 Å². The van der Waals surface area contributed by atoms with E-state index >= 15 is 0 Å². The normalized spacial score (nSPS) is 20.4. The van der Waals surface area contributed by atoms with E-state index in [4.69, 9.17) is 9.47 Å². The Bertz CT molecular complexity index is 1130. The van der Waals surface area contributed by atoms with Crippen molar-refractivity contribution in [3.63, 3.8) is 0 Å². The molecule has 0 spiro atoms. The lowest BCUT2D eigenvalue weighted by Gasteiger charge is -2.40. The molecule has 1 aliphatic heterocycles. The van der Waals surface area contributed by atoms with Crippen LogP contribution in [0.4, 0.5) is 0 Å². The maximum absolute atomic E-state index is 13.2. The number of carbonyl (C=O) groups excluding carboxylic acids is 1. The van der Waals surface area contributed by atoms with Crippen LogP contribution in [0, 0.1) is 0 Å². The van der Waals surface area contributed by atoms with Crippen LogP contribution in [0.25, 0.3) is 0 Å². The Balaban J connectivity index is 2.30. The predicted octanol–water partition coefficient (Wildman–Crippen LogP) is 12.4. The van der Waals surface area contributed by atoms with Gasteiger partial charge in [0.2, 0.25) is 5.91 Å². The summed E-state index contributed by atoms with van der Waals surface area (Å²) >= 11 is 0. The first-order valence-corrected chi connectivity index (χ1v) is 29.6. The van der Waals surface area contributed by atoms with E-state index in [0.717, 1.165) is 51.4 Å². The Morgan fingerprint density at radius 1 is 0.493 bits per heavy atom. The number of rotatable bonds is 51. The third kappa shape index (κ3) is 36.4. The summed E-state index contributed by atoms with van der Waals surface area (Å²) in [6.07, 6.45) is 44.0. The molecule has 1 aliphatic rings. The van der Waals surface area contributed by atoms with Gasteiger partial charge in [-0.2, -0.15) is 0 Å². The lowest BCUT2D eigenvalue weighted by molar-refractivity contribution is -0.303. The zero-order chi connectivity index (χ0) is 50.4. The van der Waals surface area contributed by atoms with Crippen molar-refractivity contribution in [2.45, 2.75) is 339 Å². The van der Waals surface area contributed by atoms with E-state index in [1.54, 1.807) is 0 Å². The van der Waals surface area contributed by atoms with Gasteiger partial charge in [-0.3, -0.25) is 4.79 Å². The molecule has 8 N–H and O–H groups in total. The van der Waals surface area contributed by atoms with Crippen molar-refractivity contribution >= 4 is 5.91 Å². The number of carbonyl (C=O) groups is 1. The fraction of sp³-hybridized carbons (Fsp3) is 0.948. The van der Waals surface area contributed by atoms with Gasteiger partial charge in [-0.15, -0.1) is 0 Å². The van der Waals surface area contributed by atoms with E-state index in [2.05, 4.69) is 31.3 Å². The lowest BCUT2D eigenvalue weighted by Crippen LogP contribution is -2.60. The molecule has 1 amide bonds. The standard InChI is InChI=1S/C58H113NO10/c1-3-5-7-9-11-13-15-17-19-21-23-24-25-26-27-28-30-31-33-35-37-39-41-43-45-50(61)53(63)49(48-68-58-56(66)55(65)54(64)52(47-60)69-58)59-57(67)51(62)46-44-42-40-38-36-34-32-29-22-20-18-16-14-12-10-8-6-4-2/h22,29,49-56,58,60-66H,3-21,23-28,30-48H2,1-2H3,(H,59,67)/b29-22-. The summed E-state index contributed by atoms with van der Waals surface area (Å²) in [5, 5.41) is 76.2. The first-order valence-electron chi connectivity index (χ1n) is 29.6. The maximum Gasteiger partial charge on any atom is 0.249 e. The molecule has 11 nitrogen and oxygen atoms in total. The molecule has 0 aliphatic carbocycles. The second-order valence-corrected chi connectivity index (χ2v) is 21.1. The van der Waals surface area contributed by atoms with Gasteiger partial charge in [-0.05, 0) is 38.5 Å². The summed E-state index contributed by atoms with van der Waals surface area (Å²) < 4.78 is 11.2. The number of aliphatic hydroxyl groups is 7. The van der Waals surface area contributed by atoms with Crippen LogP contribution in [0.1, 0.15) is 284 Å². The van der Waals surface area contributed by atoms with Crippen LogP contribution < -0.4 is 5.32 Å². The molecule has 0 aromatic heterocycles. The van der Waals surface area contributed by atoms with Gasteiger partial charge >= 0.3 is 0 Å². The van der Waals surface area contributed by atoms with Crippen molar-refractivity contribution in [1.82, 2.24) is 5.32 Å². The summed E-state index contributed by atoms with van der Waals surface area (Å²) in [5.41, 5.74) is 0. The van der Waals surface area contributed by atoms with Gasteiger partial charge in [0.15, 0.2) is 6.29 Å². The molecule has 0 saturated carbocycles. The number of aliphatic hydroxyl groups excluding tert-OH is 7. The molecule has 9 atom stereocenters. The Labute approximate surface area is 423 Å². The average Bonchev–Trinajstić information content (AvgIpc) is 3.35. The minimum atomic E-state index is -1.66. The van der Waals surface area contributed by atoms with E-state index in [1.165, 1.54) is 193 Å². The van der Waals surface area contributed by atoms with Crippen LogP contribution in [0.5, 0.6) is 0 Å². The zero-order valence-corrected chi connectivity index (χ0v) is 44.8. The van der Waals surface area contributed by atoms with Crippen molar-refractivity contribution in [2.75, 3.05) is 13.2 Å². The van der Waals surface area contributed by atoms with Gasteiger partial charge in [0.05, 0.1) is 25.4 Å². The van der Waals surface area contributed by atoms with Crippen LogP contribution in [-0.4, -0.2) is 110 Å². The fourth-order valence-corrected chi connectivity index (χ4v) is 9.73. The van der Waals surface area contributed by atoms with Crippen LogP contribution in [-0.2, 0) is 14.3 Å². The highest BCUT2D eigenvalue weighted by molar-refractivity contribution is 5.80. The smallest absolute Gasteiger partial charge is 0.249 e. The quantitative estimate of drug-likeness (QED) is 0.0215. The first-order chi connectivity index (χ1) is 33.7. The Hall–Kier alpha value is -1.15. The van der Waals surface area contributed by atoms with Crippen molar-refractivity contribution < 1.29 is 50.0 Å². The van der Waals surface area contributed by atoms with Gasteiger partial charge in [-0.1, -0.05) is 257 Å². The molecular formula is C58H113NO10. The average molecular weight is 985 g/mol. The minimum absolute atomic E-state index is 0.256. The minimum Gasteiger partial charge on any atom is -0.394 e. The molecule has 11 heteroatoms. The summed E-state index contributed by atoms with van der Waals surface area (Å²) in [7, 11) is 0. The predicted molar refractivity (Wildman–Crippen MR) is 284 cm³/mol. The van der Waals surface area contributed by atoms with E-state index in [0.29, 0.717) is 19.3 Å². The molecule has 1 heterocycles. The zero-order valence-electron chi connectivity index (χ0n) is 44.8. The summed E-state index contributed by atoms with van der Waals surface area (Å²) in [6.45, 7) is 3.49. The molecular weight excluding hydrogens is 871 g/mol. The van der Waals surface area contributed by atoms with E-state index in [-0.39, 0.29) is 6.42 Å². The number of allylic oxidation sites excluding steroid dienone is 2. The Morgan fingerprint density at radius 3 is 1.22 bits per heavy atom. The maximum atomic E-state index is 13.2. The van der Waals surface area contributed by atoms with Crippen LogP contribution in [0.2, 0.25) is 0 Å². The highest BCUT2D eigenvalue weighted by Crippen LogP contribution is 2.24. The fourth-order valence-electron chi connectivity index (χ4n) is 9.73. The third-order valence-corrected chi connectivity index (χ3v) is 14.6. The third-order valence-electron chi connectivity index (χ3n) is 14.6. The van der Waals surface area contributed by atoms with Crippen molar-refractivity contribution in [1.29, 1.82) is 0 Å². The monoisotopic (exact) mass is 984 g/mol. The van der Waals surface area contributed by atoms with E-state index in [9.17, 15) is 40.5 Å². The molecule has 0 aromatic carbocycles. The molecule has 410 valence electrons. The highest BCUT2D eigenvalue weighted by atomic mass is 16.7. The number of unbranched alkanes of at least 4 members (excludes halogenated alkanes) is 37. The van der Waals surface area contributed by atoms with Crippen LogP contribution >= 0.6 is 0 Å². The van der Waals surface area contributed by atoms with Crippen molar-refractivity contribution in [3.8, 4) is 0 Å². The summed E-state index contributed by atoms with van der Waals surface area (Å²) in [5.74, 6) is -0.697. The molecule has 69 heavy (non-hydrogen) atoms. The molecule has 0 aromatic rings. The largest absolute Gasteiger partial charge is 0.394 e. The number of ether oxygens (including phenoxy) is 2. The second-order valence-electron chi connectivity index (χ2n) is 21.1. The molecule has 1 rings (SSSR count). The molecule has 0 radical (unpaired) electrons. The van der Waals surface area contributed by atoms with Gasteiger partial charge in [0, 0.05) is 0 Å². The SMILES string of the molecule is CCCCCCCCCC/C=C\CCCCCCCCC(O)C(=O)NC(COC1OC(CO)C(O)C(O)C1O)C(O)C(O)CCCCCCCCCCCCCCCCCCCCCCCCCC.